The molecule has 2 N–H and O–H groups in total. The van der Waals surface area contributed by atoms with E-state index in [2.05, 4.69) is 10.6 Å². The zero-order valence-corrected chi connectivity index (χ0v) is 15.8. The minimum Gasteiger partial charge on any atom is -0.361 e. The smallest absolute Gasteiger partial charge is 0.166 e. The summed E-state index contributed by atoms with van der Waals surface area (Å²) in [7, 11) is 3.84. The number of hydrogen-bond acceptors (Lipinski definition) is 2. The van der Waals surface area contributed by atoms with Crippen LogP contribution in [-0.4, -0.2) is 36.7 Å². The van der Waals surface area contributed by atoms with Gasteiger partial charge in [0, 0.05) is 23.2 Å². The molecular weight excluding hydrogens is 345 g/mol. The van der Waals surface area contributed by atoms with Crippen molar-refractivity contribution in [2.45, 2.75) is 37.8 Å². The Hall–Kier alpha value is -0.910. The summed E-state index contributed by atoms with van der Waals surface area (Å²) in [6.07, 6.45) is 5.25. The molecule has 0 amide bonds. The van der Waals surface area contributed by atoms with Gasteiger partial charge in [0.2, 0.25) is 0 Å². The lowest BCUT2D eigenvalue weighted by molar-refractivity contribution is 0.290. The molecule has 2 aliphatic rings. The minimum atomic E-state index is -0.282. The molecule has 0 radical (unpaired) electrons. The highest BCUT2D eigenvalue weighted by Gasteiger charge is 2.39. The maximum absolute atomic E-state index is 14.2. The lowest BCUT2D eigenvalue weighted by atomic mass is 9.95. The molecule has 2 aliphatic carbocycles. The number of benzene rings is 1. The molecule has 2 bridgehead atoms. The average Bonchev–Trinajstić information content (AvgIpc) is 3.12. The second kappa shape index (κ2) is 7.54. The summed E-state index contributed by atoms with van der Waals surface area (Å²) >= 11 is 11.7. The zero-order chi connectivity index (χ0) is 17.3. The van der Waals surface area contributed by atoms with Crippen molar-refractivity contribution in [2.24, 2.45) is 11.8 Å². The van der Waals surface area contributed by atoms with E-state index in [4.69, 9.17) is 23.8 Å². The Bertz CT molecular complexity index is 590. The first-order valence-electron chi connectivity index (χ1n) is 8.60. The maximum atomic E-state index is 14.2. The van der Waals surface area contributed by atoms with Gasteiger partial charge in [0.25, 0.3) is 0 Å². The molecular formula is C18H25ClFN3S. The summed E-state index contributed by atoms with van der Waals surface area (Å²) in [4.78, 5) is 1.96. The van der Waals surface area contributed by atoms with Crippen LogP contribution in [0.3, 0.4) is 0 Å². The lowest BCUT2D eigenvalue weighted by Crippen LogP contribution is -2.46. The van der Waals surface area contributed by atoms with Crippen LogP contribution in [0.5, 0.6) is 0 Å². The minimum absolute atomic E-state index is 0.182. The number of nitrogens with zero attached hydrogens (tertiary/aromatic N) is 1. The number of nitrogens with one attached hydrogen (secondary N) is 2. The third-order valence-electron chi connectivity index (χ3n) is 5.47. The molecule has 3 nitrogen and oxygen atoms in total. The van der Waals surface area contributed by atoms with Gasteiger partial charge in [0.15, 0.2) is 5.11 Å². The standard InChI is InChI=1S/C18H25ClFN3S/c1-23(2)16(17-13(19)4-3-5-14(17)20)10-21-18(24)22-15-9-11-6-7-12(15)8-11/h3-5,11-12,15-16H,6-10H2,1-2H3,(H2,21,22,24)/t11-,12-,15+,16+/m1/s1. The van der Waals surface area contributed by atoms with Gasteiger partial charge in [0.05, 0.1) is 6.04 Å². The molecule has 1 aromatic rings. The van der Waals surface area contributed by atoms with Crippen molar-refractivity contribution in [2.75, 3.05) is 20.6 Å². The van der Waals surface area contributed by atoms with Crippen molar-refractivity contribution in [3.05, 3.63) is 34.6 Å². The van der Waals surface area contributed by atoms with Crippen LogP contribution in [0, 0.1) is 17.7 Å². The quantitative estimate of drug-likeness (QED) is 0.773. The first-order chi connectivity index (χ1) is 11.5. The molecule has 132 valence electrons. The SMILES string of the molecule is CN(C)[C@@H](CNC(=S)N[C@H]1C[C@@H]2CC[C@@H]1C2)c1c(F)cccc1Cl. The molecule has 0 aliphatic heterocycles. The molecule has 0 spiro atoms. The Morgan fingerprint density at radius 2 is 2.17 bits per heavy atom. The molecule has 6 heteroatoms. The van der Waals surface area contributed by atoms with Gasteiger partial charge in [-0.1, -0.05) is 24.1 Å². The Balaban J connectivity index is 1.59. The summed E-state index contributed by atoms with van der Waals surface area (Å²) in [5.74, 6) is 1.36. The second-order valence-corrected chi connectivity index (χ2v) is 8.07. The van der Waals surface area contributed by atoms with E-state index in [1.165, 1.54) is 31.7 Å². The van der Waals surface area contributed by atoms with Crippen molar-refractivity contribution in [1.29, 1.82) is 0 Å². The molecule has 2 fully saturated rings. The maximum Gasteiger partial charge on any atom is 0.166 e. The van der Waals surface area contributed by atoms with E-state index in [0.717, 1.165) is 11.8 Å². The first kappa shape index (κ1) is 17.9. The molecule has 0 saturated heterocycles. The van der Waals surface area contributed by atoms with Gasteiger partial charge in [-0.2, -0.15) is 0 Å². The molecule has 2 saturated carbocycles. The van der Waals surface area contributed by atoms with Gasteiger partial charge in [-0.3, -0.25) is 0 Å². The van der Waals surface area contributed by atoms with E-state index in [9.17, 15) is 4.39 Å². The van der Waals surface area contributed by atoms with E-state index >= 15 is 0 Å². The highest BCUT2D eigenvalue weighted by Crippen LogP contribution is 2.44. The van der Waals surface area contributed by atoms with Crippen LogP contribution in [0.2, 0.25) is 5.02 Å². The number of halogens is 2. The largest absolute Gasteiger partial charge is 0.361 e. The first-order valence-corrected chi connectivity index (χ1v) is 9.39. The number of likely N-dealkylation sites (N-methyl/N-ethyl adjacent to an activating group) is 1. The van der Waals surface area contributed by atoms with Crippen molar-refractivity contribution in [3.63, 3.8) is 0 Å². The summed E-state index contributed by atoms with van der Waals surface area (Å²) in [5.41, 5.74) is 0.513. The molecule has 0 unspecified atom stereocenters. The number of thiocarbonyl (C=S) groups is 1. The number of hydrogen-bond donors (Lipinski definition) is 2. The highest BCUT2D eigenvalue weighted by molar-refractivity contribution is 7.80. The fourth-order valence-electron chi connectivity index (χ4n) is 4.20. The topological polar surface area (TPSA) is 27.3 Å². The van der Waals surface area contributed by atoms with E-state index < -0.39 is 0 Å². The highest BCUT2D eigenvalue weighted by atomic mass is 35.5. The van der Waals surface area contributed by atoms with Crippen molar-refractivity contribution in [3.8, 4) is 0 Å². The Morgan fingerprint density at radius 1 is 1.38 bits per heavy atom. The van der Waals surface area contributed by atoms with Crippen LogP contribution < -0.4 is 10.6 Å². The van der Waals surface area contributed by atoms with Gasteiger partial charge in [-0.25, -0.2) is 4.39 Å². The van der Waals surface area contributed by atoms with E-state index in [0.29, 0.717) is 28.3 Å². The summed E-state index contributed by atoms with van der Waals surface area (Å²) in [6, 6.07) is 5.12. The predicted molar refractivity (Wildman–Crippen MR) is 101 cm³/mol. The average molecular weight is 370 g/mol. The van der Waals surface area contributed by atoms with Crippen LogP contribution >= 0.6 is 23.8 Å². The molecule has 0 aromatic heterocycles. The summed E-state index contributed by atoms with van der Waals surface area (Å²) in [5, 5.41) is 7.82. The fraction of sp³-hybridized carbons (Fsp3) is 0.611. The van der Waals surface area contributed by atoms with Gasteiger partial charge in [0.1, 0.15) is 5.82 Å². The van der Waals surface area contributed by atoms with E-state index in [1.54, 1.807) is 12.1 Å². The second-order valence-electron chi connectivity index (χ2n) is 7.25. The Labute approximate surface area is 153 Å². The summed E-state index contributed by atoms with van der Waals surface area (Å²) < 4.78 is 14.2. The fourth-order valence-corrected chi connectivity index (χ4v) is 4.73. The lowest BCUT2D eigenvalue weighted by Gasteiger charge is -2.29. The monoisotopic (exact) mass is 369 g/mol. The van der Waals surface area contributed by atoms with Crippen molar-refractivity contribution in [1.82, 2.24) is 15.5 Å². The van der Waals surface area contributed by atoms with Gasteiger partial charge >= 0.3 is 0 Å². The third-order valence-corrected chi connectivity index (χ3v) is 6.06. The number of rotatable bonds is 5. The molecule has 4 atom stereocenters. The van der Waals surface area contributed by atoms with Crippen LogP contribution in [0.1, 0.15) is 37.3 Å². The van der Waals surface area contributed by atoms with E-state index in [-0.39, 0.29) is 11.9 Å². The third kappa shape index (κ3) is 3.84. The Kier molecular flexibility index (Phi) is 5.63. The molecule has 0 heterocycles. The number of fused-ring (bicyclic) bond motifs is 2. The molecule has 1 aromatic carbocycles. The van der Waals surface area contributed by atoms with Crippen molar-refractivity contribution >= 4 is 28.9 Å². The predicted octanol–water partition coefficient (Wildman–Crippen LogP) is 3.73. The van der Waals surface area contributed by atoms with Crippen molar-refractivity contribution < 1.29 is 4.39 Å². The van der Waals surface area contributed by atoms with Crippen LogP contribution in [0.25, 0.3) is 0 Å². The normalized spacial score (nSPS) is 26.6. The van der Waals surface area contributed by atoms with Gasteiger partial charge < -0.3 is 15.5 Å². The molecule has 24 heavy (non-hydrogen) atoms. The van der Waals surface area contributed by atoms with Crippen LogP contribution in [-0.2, 0) is 0 Å². The van der Waals surface area contributed by atoms with Gasteiger partial charge in [-0.05, 0) is 69.5 Å². The van der Waals surface area contributed by atoms with E-state index in [1.807, 2.05) is 19.0 Å². The summed E-state index contributed by atoms with van der Waals surface area (Å²) in [6.45, 7) is 0.514. The van der Waals surface area contributed by atoms with Crippen LogP contribution in [0.15, 0.2) is 18.2 Å². The molecule has 3 rings (SSSR count). The Morgan fingerprint density at radius 3 is 2.75 bits per heavy atom. The van der Waals surface area contributed by atoms with Crippen LogP contribution in [0.4, 0.5) is 4.39 Å². The zero-order valence-electron chi connectivity index (χ0n) is 14.2. The van der Waals surface area contributed by atoms with Gasteiger partial charge in [-0.15, -0.1) is 0 Å².